The second-order valence-corrected chi connectivity index (χ2v) is 41.8. The van der Waals surface area contributed by atoms with Crippen molar-refractivity contribution in [3.8, 4) is 0 Å². The molecule has 0 aliphatic heterocycles. The van der Waals surface area contributed by atoms with Crippen LogP contribution in [0.4, 0.5) is 0 Å². The van der Waals surface area contributed by atoms with Gasteiger partial charge < -0.3 is 42.0 Å². The van der Waals surface area contributed by atoms with Gasteiger partial charge in [-0.1, -0.05) is 581 Å². The molecule has 0 saturated heterocycles. The van der Waals surface area contributed by atoms with Crippen LogP contribution in [0, 0.1) is 0 Å². The summed E-state index contributed by atoms with van der Waals surface area (Å²) in [4.78, 5) is 83.3. The summed E-state index contributed by atoms with van der Waals surface area (Å²) in [5.41, 5.74) is 0. The van der Waals surface area contributed by atoms with E-state index in [4.69, 9.17) is 42.0 Å². The Morgan fingerprint density at radius 3 is 0.308 bits per heavy atom. The number of hydrogen-bond acceptors (Lipinski definition) is 15. The summed E-state index contributed by atoms with van der Waals surface area (Å²) in [6.07, 6.45) is 107. The molecule has 0 spiro atoms. The van der Waals surface area contributed by atoms with Gasteiger partial charge >= 0.3 is 44.4 Å². The van der Waals surface area contributed by atoms with Crippen LogP contribution >= 0.6 is 8.60 Å². The van der Waals surface area contributed by atoms with Crippen LogP contribution in [-0.4, -0.2) is 93.8 Å². The lowest BCUT2D eigenvalue weighted by Crippen LogP contribution is -2.33. The van der Waals surface area contributed by atoms with Crippen molar-refractivity contribution in [1.29, 1.82) is 0 Å². The van der Waals surface area contributed by atoms with Crippen molar-refractivity contribution in [2.24, 2.45) is 0 Å². The Kier molecular flexibility index (Phi) is 109. The van der Waals surface area contributed by atoms with Gasteiger partial charge in [-0.3, -0.25) is 28.8 Å². The van der Waals surface area contributed by atoms with E-state index in [1.54, 1.807) is 0 Å². The van der Waals surface area contributed by atoms with Crippen LogP contribution in [-0.2, 0) is 70.8 Å². The first-order valence-electron chi connectivity index (χ1n) is 59.2. The van der Waals surface area contributed by atoms with Gasteiger partial charge in [-0.25, -0.2) is 0 Å². The average molecular weight is 1900 g/mol. The predicted molar refractivity (Wildman–Crippen MR) is 565 cm³/mol. The van der Waals surface area contributed by atoms with Crippen LogP contribution in [0.15, 0.2) is 0 Å². The molecule has 0 aliphatic carbocycles. The van der Waals surface area contributed by atoms with Crippen LogP contribution < -0.4 is 0 Å². The number of hydrogen-bond donors (Lipinski definition) is 0. The number of unbranched alkanes of at least 4 members (excludes halogenated alkanes) is 84. The third-order valence-corrected chi connectivity index (χ3v) is 28.6. The summed E-state index contributed by atoms with van der Waals surface area (Å²) >= 11 is 0. The molecule has 0 radical (unpaired) electrons. The molecule has 0 unspecified atom stereocenters. The Balaban J connectivity index is 7.18. The number of carbonyl (C=O) groups excluding carboxylic acids is 6. The van der Waals surface area contributed by atoms with Crippen molar-refractivity contribution in [2.75, 3.05) is 39.6 Å². The largest absolute Gasteiger partial charge is 0.463 e. The molecule has 0 aromatic carbocycles. The maximum absolute atomic E-state index is 13.9. The van der Waals surface area contributed by atoms with Gasteiger partial charge in [-0.2, -0.15) is 0 Å². The van der Waals surface area contributed by atoms with Gasteiger partial charge in [0.25, 0.3) is 0 Å². The maximum atomic E-state index is 13.9. The minimum Gasteiger partial charge on any atom is -0.463 e. The lowest BCUT2D eigenvalue weighted by Gasteiger charge is -2.29. The molecule has 788 valence electrons. The highest BCUT2D eigenvalue weighted by Crippen LogP contribution is 2.45. The Hall–Kier alpha value is -2.87. The summed E-state index contributed by atoms with van der Waals surface area (Å²) in [6.45, 7) is 11.8. The van der Waals surface area contributed by atoms with Gasteiger partial charge in [0.05, 0.1) is 0 Å². The average Bonchev–Trinajstić information content (AvgIpc) is 0.884. The molecule has 0 aliphatic rings. The molecule has 0 heterocycles. The van der Waals surface area contributed by atoms with E-state index >= 15 is 0 Å². The van der Waals surface area contributed by atoms with Crippen molar-refractivity contribution in [2.45, 2.75) is 676 Å². The van der Waals surface area contributed by atoms with Gasteiger partial charge in [0, 0.05) is 38.5 Å². The summed E-state index contributed by atoms with van der Waals surface area (Å²) in [6, 6.07) is 0. The van der Waals surface area contributed by atoms with E-state index in [2.05, 4.69) is 41.5 Å². The maximum Gasteiger partial charge on any atom is 0.334 e. The Bertz CT molecular complexity index is 1980. The second kappa shape index (κ2) is 111. The normalized spacial score (nSPS) is 11.7. The first-order valence-corrected chi connectivity index (χ1v) is 60.3. The molecule has 16 heteroatoms. The fourth-order valence-electron chi connectivity index (χ4n) is 18.2. The Morgan fingerprint density at radius 1 is 0.135 bits per heavy atom. The molecule has 15 nitrogen and oxygen atoms in total. The van der Waals surface area contributed by atoms with E-state index < -0.39 is 62.7 Å². The van der Waals surface area contributed by atoms with E-state index in [0.717, 1.165) is 116 Å². The van der Waals surface area contributed by atoms with Crippen molar-refractivity contribution < 1.29 is 70.8 Å². The number of rotatable bonds is 114. The van der Waals surface area contributed by atoms with Crippen LogP contribution in [0.2, 0.25) is 0 Å². The zero-order valence-corrected chi connectivity index (χ0v) is 90.3. The van der Waals surface area contributed by atoms with Crippen molar-refractivity contribution in [3.63, 3.8) is 0 Å². The Labute approximate surface area is 826 Å². The molecule has 0 bridgehead atoms. The molecule has 0 aromatic heterocycles. The van der Waals surface area contributed by atoms with E-state index in [0.29, 0.717) is 38.5 Å². The zero-order valence-electron chi connectivity index (χ0n) is 89.4. The van der Waals surface area contributed by atoms with Crippen LogP contribution in [0.3, 0.4) is 0 Å². The van der Waals surface area contributed by atoms with Crippen LogP contribution in [0.5, 0.6) is 0 Å². The van der Waals surface area contributed by atoms with Gasteiger partial charge in [0.15, 0.2) is 0 Å². The predicted octanol–water partition coefficient (Wildman–Crippen LogP) is 38.2. The molecule has 133 heavy (non-hydrogen) atoms. The fourth-order valence-corrected chi connectivity index (χ4v) is 19.4. The number of carbonyl (C=O) groups is 6. The number of ether oxygens (including phenoxy) is 6. The topological polar surface area (TPSA) is 185 Å². The molecule has 0 saturated carbocycles. The quantitative estimate of drug-likeness (QED) is 0.0242. The highest BCUT2D eigenvalue weighted by atomic mass is 31.2. The van der Waals surface area contributed by atoms with Crippen LogP contribution in [0.1, 0.15) is 658 Å². The van der Waals surface area contributed by atoms with E-state index in [9.17, 15) is 28.8 Å². The van der Waals surface area contributed by atoms with Gasteiger partial charge in [-0.05, 0) is 38.5 Å². The highest BCUT2D eigenvalue weighted by molar-refractivity contribution is 7.41. The van der Waals surface area contributed by atoms with Gasteiger partial charge in [0.2, 0.25) is 0 Å². The fraction of sp³-hybridized carbons (Fsp3) is 0.949. The minimum atomic E-state index is -2.69. The minimum absolute atomic E-state index is 0.209. The second-order valence-electron chi connectivity index (χ2n) is 40.7. The lowest BCUT2D eigenvalue weighted by atomic mass is 10.0. The monoisotopic (exact) mass is 1900 g/mol. The molecule has 0 N–H and O–H groups in total. The molecule has 0 aromatic rings. The van der Waals surface area contributed by atoms with E-state index in [-0.39, 0.29) is 78.2 Å². The molecule has 0 fully saturated rings. The zero-order chi connectivity index (χ0) is 96.3. The summed E-state index contributed by atoms with van der Waals surface area (Å²) in [5, 5.41) is 0. The van der Waals surface area contributed by atoms with Gasteiger partial charge in [0.1, 0.15) is 58.0 Å². The molecular formula is C117H225O15P. The molecule has 0 amide bonds. The SMILES string of the molecule is CCCCCCCCCCCCCCCCCC(=O)OCC(COC(=O)CCCCCCCCCCCCCCCCC)OP(OC(COC(=O)CCCCCCCCCCCCCCCCC)COC(=O)CCCCCCCCCCCCCCCCC)OC(COC(=O)CCCCCCCCCCCCCCCCC)COC(=O)CCCCCCCCCCCCCCCCC. The van der Waals surface area contributed by atoms with E-state index in [1.165, 1.54) is 424 Å². The first-order chi connectivity index (χ1) is 65.5. The third kappa shape index (κ3) is 105. The Morgan fingerprint density at radius 2 is 0.218 bits per heavy atom. The highest BCUT2D eigenvalue weighted by Gasteiger charge is 2.32. The standard InChI is InChI=1S/C117H225O15P/c1-7-13-19-25-31-37-43-49-55-61-67-73-79-85-91-97-112(118)124-103-109(104-125-113(119)98-92-86-80-74-68-62-56-50-44-38-32-26-20-14-8-2)130-133(131-110(105-126-114(120)99-93-87-81-75-69-63-57-51-45-39-33-27-21-15-9-3)106-127-115(121)100-94-88-82-76-70-64-58-52-46-40-34-28-22-16-10-4)132-111(107-128-116(122)101-95-89-83-77-71-65-59-53-47-41-35-29-23-17-11-5)108-129-117(123)102-96-90-84-78-72-66-60-54-48-42-36-30-24-18-12-6/h109-111H,7-108H2,1-6H3. The summed E-state index contributed by atoms with van der Waals surface area (Å²) < 4.78 is 56.9. The number of esters is 6. The molecule has 0 rings (SSSR count). The first kappa shape index (κ1) is 130. The van der Waals surface area contributed by atoms with E-state index in [1.807, 2.05) is 0 Å². The third-order valence-electron chi connectivity index (χ3n) is 27.2. The van der Waals surface area contributed by atoms with Crippen molar-refractivity contribution in [1.82, 2.24) is 0 Å². The lowest BCUT2D eigenvalue weighted by molar-refractivity contribution is -0.153. The smallest absolute Gasteiger partial charge is 0.334 e. The van der Waals surface area contributed by atoms with Gasteiger partial charge in [-0.15, -0.1) is 0 Å². The molecular weight excluding hydrogens is 1680 g/mol. The van der Waals surface area contributed by atoms with Crippen molar-refractivity contribution >= 4 is 44.4 Å². The summed E-state index contributed by atoms with van der Waals surface area (Å²) in [5.74, 6) is -2.43. The molecule has 0 atom stereocenters. The summed E-state index contributed by atoms with van der Waals surface area (Å²) in [7, 11) is -2.69. The van der Waals surface area contributed by atoms with Crippen LogP contribution in [0.25, 0.3) is 0 Å². The van der Waals surface area contributed by atoms with Crippen molar-refractivity contribution in [3.05, 3.63) is 0 Å².